The molecule has 1 unspecified atom stereocenters. The molecule has 4 heteroatoms. The Morgan fingerprint density at radius 1 is 0.594 bits per heavy atom. The number of rotatable bonds is 24. The number of benzene rings is 4. The molecule has 0 aliphatic rings. The largest absolute Gasteiger partial charge is 0.380 e. The van der Waals surface area contributed by atoms with Gasteiger partial charge < -0.3 is 20.0 Å². The Bertz CT molecular complexity index is 2600. The lowest BCUT2D eigenvalue weighted by Crippen LogP contribution is -2.24. The van der Waals surface area contributed by atoms with E-state index in [1.165, 1.54) is 33.6 Å². The van der Waals surface area contributed by atoms with E-state index >= 15 is 0 Å². The number of nitrogens with zero attached hydrogens (tertiary/aromatic N) is 3. The third-order valence-electron chi connectivity index (χ3n) is 10.2. The van der Waals surface area contributed by atoms with Crippen molar-refractivity contribution in [3.8, 4) is 0 Å². The van der Waals surface area contributed by atoms with Gasteiger partial charge in [-0.05, 0) is 157 Å². The summed E-state index contributed by atoms with van der Waals surface area (Å²) in [7, 11) is 0. The van der Waals surface area contributed by atoms with E-state index in [1.54, 1.807) is 6.08 Å². The average Bonchev–Trinajstić information content (AvgIpc) is 3.32. The van der Waals surface area contributed by atoms with E-state index in [2.05, 4.69) is 235 Å². The third kappa shape index (κ3) is 19.9. The van der Waals surface area contributed by atoms with Crippen molar-refractivity contribution >= 4 is 22.7 Å². The van der Waals surface area contributed by atoms with Crippen LogP contribution in [0.5, 0.6) is 0 Å². The van der Waals surface area contributed by atoms with Crippen molar-refractivity contribution in [1.82, 2.24) is 5.32 Å². The summed E-state index contributed by atoms with van der Waals surface area (Å²) in [6, 6.07) is 37.8. The van der Waals surface area contributed by atoms with Crippen LogP contribution in [0.25, 0.3) is 0 Å². The first-order valence-electron chi connectivity index (χ1n) is 23.7. The predicted molar refractivity (Wildman–Crippen MR) is 308 cm³/mol. The first kappa shape index (κ1) is 55.5. The van der Waals surface area contributed by atoms with E-state index < -0.39 is 0 Å². The molecule has 4 aromatic carbocycles. The minimum absolute atomic E-state index is 0.00167. The summed E-state index contributed by atoms with van der Waals surface area (Å²) in [4.78, 5) is 6.68. The zero-order valence-corrected chi connectivity index (χ0v) is 42.7. The van der Waals surface area contributed by atoms with Gasteiger partial charge in [-0.1, -0.05) is 178 Å². The van der Waals surface area contributed by atoms with E-state index in [0.29, 0.717) is 0 Å². The van der Waals surface area contributed by atoms with Gasteiger partial charge in [0.1, 0.15) is 0 Å². The van der Waals surface area contributed by atoms with Crippen LogP contribution in [0, 0.1) is 13.8 Å². The second-order valence-corrected chi connectivity index (χ2v) is 16.6. The molecule has 0 radical (unpaired) electrons. The normalized spacial score (nSPS) is 12.8. The zero-order chi connectivity index (χ0) is 50.4. The van der Waals surface area contributed by atoms with Gasteiger partial charge in [0, 0.05) is 63.8 Å². The Morgan fingerprint density at radius 2 is 1.16 bits per heavy atom. The summed E-state index contributed by atoms with van der Waals surface area (Å²) in [5.74, 6) is 0. The molecule has 0 saturated heterocycles. The van der Waals surface area contributed by atoms with Crippen LogP contribution in [-0.4, -0.2) is 12.6 Å². The Hall–Kier alpha value is -7.82. The molecule has 4 aromatic rings. The number of nitrogens with one attached hydrogen (secondary N) is 1. The smallest absolute Gasteiger partial charge is 0.0464 e. The molecule has 0 heterocycles. The van der Waals surface area contributed by atoms with Crippen molar-refractivity contribution in [2.75, 3.05) is 21.2 Å². The molecule has 69 heavy (non-hydrogen) atoms. The molecular formula is C65H76N4. The minimum atomic E-state index is -0.00167. The molecule has 4 nitrogen and oxygen atoms in total. The summed E-state index contributed by atoms with van der Waals surface area (Å²) in [5.41, 5.74) is 14.1. The van der Waals surface area contributed by atoms with Crippen LogP contribution in [0.3, 0.4) is 0 Å². The van der Waals surface area contributed by atoms with E-state index in [9.17, 15) is 0 Å². The first-order valence-corrected chi connectivity index (χ1v) is 23.7. The molecule has 356 valence electrons. The molecular weight excluding hydrogens is 837 g/mol. The molecule has 4 rings (SSSR count). The van der Waals surface area contributed by atoms with E-state index in [1.807, 2.05) is 85.9 Å². The van der Waals surface area contributed by atoms with Crippen molar-refractivity contribution in [2.24, 2.45) is 0 Å². The van der Waals surface area contributed by atoms with Gasteiger partial charge in [0.2, 0.25) is 0 Å². The van der Waals surface area contributed by atoms with Crippen molar-refractivity contribution < 1.29 is 0 Å². The van der Waals surface area contributed by atoms with Crippen LogP contribution in [0.4, 0.5) is 22.7 Å². The summed E-state index contributed by atoms with van der Waals surface area (Å²) in [6.07, 6.45) is 37.5. The maximum absolute atomic E-state index is 4.38. The Balaban J connectivity index is 0.000000474. The summed E-state index contributed by atoms with van der Waals surface area (Å²) in [5, 5.41) is 3.52. The molecule has 0 aromatic heterocycles. The lowest BCUT2D eigenvalue weighted by Gasteiger charge is -2.28. The fourth-order valence-corrected chi connectivity index (χ4v) is 7.13. The highest BCUT2D eigenvalue weighted by Gasteiger charge is 2.15. The fourth-order valence-electron chi connectivity index (χ4n) is 7.13. The highest BCUT2D eigenvalue weighted by molar-refractivity contribution is 5.66. The summed E-state index contributed by atoms with van der Waals surface area (Å²) >= 11 is 0. The number of allylic oxidation sites excluding steroid dienone is 18. The number of aryl methyl sites for hydroxylation is 2. The van der Waals surface area contributed by atoms with Crippen LogP contribution in [0.2, 0.25) is 0 Å². The Kier molecular flexibility index (Phi) is 25.1. The lowest BCUT2D eigenvalue weighted by molar-refractivity contribution is 0.744. The van der Waals surface area contributed by atoms with Gasteiger partial charge in [0.25, 0.3) is 0 Å². The van der Waals surface area contributed by atoms with Crippen molar-refractivity contribution in [3.63, 3.8) is 0 Å². The molecule has 1 N–H and O–H groups in total. The predicted octanol–water partition coefficient (Wildman–Crippen LogP) is 17.8. The molecule has 0 amide bonds. The number of para-hydroxylation sites is 2. The molecule has 0 bridgehead atoms. The van der Waals surface area contributed by atoms with Crippen LogP contribution in [0.1, 0.15) is 59.1 Å². The molecule has 1 atom stereocenters. The Labute approximate surface area is 417 Å². The summed E-state index contributed by atoms with van der Waals surface area (Å²) in [6.45, 7) is 37.9. The van der Waals surface area contributed by atoms with Gasteiger partial charge in [-0.25, -0.2) is 0 Å². The van der Waals surface area contributed by atoms with Crippen molar-refractivity contribution in [3.05, 3.63) is 302 Å². The molecule has 0 fully saturated rings. The summed E-state index contributed by atoms with van der Waals surface area (Å²) < 4.78 is 0. The lowest BCUT2D eigenvalue weighted by atomic mass is 10.1. The maximum atomic E-state index is 4.38. The molecule has 0 aliphatic carbocycles. The first-order chi connectivity index (χ1) is 33.3. The zero-order valence-electron chi connectivity index (χ0n) is 42.7. The van der Waals surface area contributed by atoms with Gasteiger partial charge >= 0.3 is 0 Å². The third-order valence-corrected chi connectivity index (χ3v) is 10.2. The van der Waals surface area contributed by atoms with E-state index in [-0.39, 0.29) is 6.04 Å². The second-order valence-electron chi connectivity index (χ2n) is 16.6. The molecule has 0 saturated carbocycles. The monoisotopic (exact) mass is 913 g/mol. The highest BCUT2D eigenvalue weighted by Crippen LogP contribution is 2.29. The topological polar surface area (TPSA) is 21.8 Å². The average molecular weight is 913 g/mol. The van der Waals surface area contributed by atoms with Gasteiger partial charge in [-0.3, -0.25) is 0 Å². The highest BCUT2D eigenvalue weighted by atomic mass is 15.2. The van der Waals surface area contributed by atoms with Gasteiger partial charge in [-0.15, -0.1) is 0 Å². The quantitative estimate of drug-likeness (QED) is 0.0707. The second kappa shape index (κ2) is 31.2. The van der Waals surface area contributed by atoms with Crippen LogP contribution in [0.15, 0.2) is 291 Å². The van der Waals surface area contributed by atoms with E-state index in [0.717, 1.165) is 52.8 Å². The SMILES string of the molecule is C=C/C=C(C)\C=C/CN(c1ccccc1)c1cccc(C)c1.C=C/C=C(\C=C/C(C)NC(=C)/C=C\C(=C/CC)N(C(/C=C\C)=C/C=C)c1cccc(C)c1)N(C(=C)/C=C\C=C(C)C)c1ccccc1. The number of anilines is 4. The fraction of sp³-hybridized carbons (Fsp3) is 0.169. The van der Waals surface area contributed by atoms with Gasteiger partial charge in [-0.2, -0.15) is 0 Å². The van der Waals surface area contributed by atoms with Crippen LogP contribution in [-0.2, 0) is 0 Å². The minimum Gasteiger partial charge on any atom is -0.380 e. The maximum Gasteiger partial charge on any atom is 0.0464 e. The number of hydrogen-bond acceptors (Lipinski definition) is 4. The van der Waals surface area contributed by atoms with Gasteiger partial charge in [0.05, 0.1) is 0 Å². The molecule has 0 spiro atoms. The standard InChI is InChI=1S/C44H53N3.C21H23N/c1-11-20-40(21-12-2)47(44-29-19-25-36(7)34-44)42(23-14-4)33-31-38(9)45-37(8)30-32-41(22-13-3)46(43-27-16-15-17-28-43)39(10)26-18-24-35(5)6;1-4-10-18(2)12-9-16-22(20-13-6-5-7-14-20)21-15-8-11-19(3)17-21/h11-13,15-34,37,45H,1,3,9-10,14H2,2,4-8H3;4-15,17H,1,16H2,2-3H3/b21-12-,26-18-,32-30-,33-31-,40-20+,41-22+,42-23+;12-9-,18-10-. The Morgan fingerprint density at radius 3 is 1.72 bits per heavy atom. The van der Waals surface area contributed by atoms with E-state index in [4.69, 9.17) is 0 Å². The van der Waals surface area contributed by atoms with Crippen LogP contribution < -0.4 is 20.0 Å². The van der Waals surface area contributed by atoms with Crippen molar-refractivity contribution in [1.29, 1.82) is 0 Å². The van der Waals surface area contributed by atoms with Crippen molar-refractivity contribution in [2.45, 2.75) is 67.9 Å². The van der Waals surface area contributed by atoms with Crippen LogP contribution >= 0.6 is 0 Å². The number of hydrogen-bond donors (Lipinski definition) is 1. The van der Waals surface area contributed by atoms with Gasteiger partial charge in [0.15, 0.2) is 0 Å². The molecule has 0 aliphatic heterocycles.